The van der Waals surface area contributed by atoms with Gasteiger partial charge in [0.05, 0.1) is 6.04 Å². The number of likely N-dealkylation sites (N-methyl/N-ethyl adjacent to an activating group) is 1. The van der Waals surface area contributed by atoms with E-state index in [1.807, 2.05) is 45.0 Å². The minimum Gasteiger partial charge on any atom is -0.307 e. The smallest absolute Gasteiger partial charge is 0.152 e. The van der Waals surface area contributed by atoms with E-state index in [0.717, 1.165) is 17.1 Å². The summed E-state index contributed by atoms with van der Waals surface area (Å²) < 4.78 is 0. The van der Waals surface area contributed by atoms with Crippen LogP contribution in [0.5, 0.6) is 0 Å². The maximum atomic E-state index is 12.0. The minimum atomic E-state index is -0.113. The molecule has 0 radical (unpaired) electrons. The van der Waals surface area contributed by atoms with Crippen LogP contribution in [0.3, 0.4) is 0 Å². The Kier molecular flexibility index (Phi) is 5.66. The number of Topliss-reactive ketones (excluding diaryl/α,β-unsaturated/α-hetero) is 1. The molecule has 0 saturated heterocycles. The van der Waals surface area contributed by atoms with Crippen molar-refractivity contribution in [2.45, 2.75) is 33.2 Å². The van der Waals surface area contributed by atoms with Crippen molar-refractivity contribution in [3.8, 4) is 0 Å². The van der Waals surface area contributed by atoms with Gasteiger partial charge in [0.2, 0.25) is 0 Å². The second-order valence-electron chi connectivity index (χ2n) is 4.50. The SMILES string of the molecule is CCNC(Cc1cccc(Cl)c1)C(=O)C(C)C. The molecule has 1 rings (SSSR count). The van der Waals surface area contributed by atoms with Gasteiger partial charge >= 0.3 is 0 Å². The van der Waals surface area contributed by atoms with Gasteiger partial charge in [-0.3, -0.25) is 4.79 Å². The van der Waals surface area contributed by atoms with Crippen LogP contribution in [-0.2, 0) is 11.2 Å². The van der Waals surface area contributed by atoms with Crippen molar-refractivity contribution in [2.75, 3.05) is 6.54 Å². The molecule has 0 fully saturated rings. The molecule has 0 aliphatic rings. The highest BCUT2D eigenvalue weighted by Gasteiger charge is 2.20. The van der Waals surface area contributed by atoms with Crippen molar-refractivity contribution >= 4 is 17.4 Å². The molecule has 3 heteroatoms. The van der Waals surface area contributed by atoms with E-state index in [1.165, 1.54) is 0 Å². The van der Waals surface area contributed by atoms with Crippen molar-refractivity contribution in [1.82, 2.24) is 5.32 Å². The molecule has 0 spiro atoms. The third kappa shape index (κ3) is 4.49. The first-order chi connectivity index (χ1) is 8.04. The van der Waals surface area contributed by atoms with Crippen LogP contribution in [0, 0.1) is 5.92 Å². The standard InChI is InChI=1S/C14H20ClNO/c1-4-16-13(14(17)10(2)3)9-11-6-5-7-12(15)8-11/h5-8,10,13,16H,4,9H2,1-3H3. The molecule has 17 heavy (non-hydrogen) atoms. The average Bonchev–Trinajstić information content (AvgIpc) is 2.27. The Bertz CT molecular complexity index is 376. The molecule has 94 valence electrons. The van der Waals surface area contributed by atoms with Gasteiger partial charge in [-0.25, -0.2) is 0 Å². The monoisotopic (exact) mass is 253 g/mol. The summed E-state index contributed by atoms with van der Waals surface area (Å²) >= 11 is 5.94. The van der Waals surface area contributed by atoms with Crippen molar-refractivity contribution in [3.63, 3.8) is 0 Å². The first-order valence-corrected chi connectivity index (χ1v) is 6.44. The lowest BCUT2D eigenvalue weighted by molar-refractivity contribution is -0.123. The van der Waals surface area contributed by atoms with Crippen LogP contribution in [-0.4, -0.2) is 18.4 Å². The first-order valence-electron chi connectivity index (χ1n) is 6.06. The molecular formula is C14H20ClNO. The molecule has 0 bridgehead atoms. The van der Waals surface area contributed by atoms with E-state index in [2.05, 4.69) is 5.32 Å². The zero-order chi connectivity index (χ0) is 12.8. The number of hydrogen-bond acceptors (Lipinski definition) is 2. The zero-order valence-electron chi connectivity index (χ0n) is 10.7. The van der Waals surface area contributed by atoms with E-state index < -0.39 is 0 Å². The van der Waals surface area contributed by atoms with E-state index in [9.17, 15) is 4.79 Å². The van der Waals surface area contributed by atoms with Crippen LogP contribution in [0.15, 0.2) is 24.3 Å². The van der Waals surface area contributed by atoms with Crippen molar-refractivity contribution in [1.29, 1.82) is 0 Å². The normalized spacial score (nSPS) is 12.8. The number of benzene rings is 1. The Morgan fingerprint density at radius 3 is 2.65 bits per heavy atom. The van der Waals surface area contributed by atoms with Gasteiger partial charge in [-0.15, -0.1) is 0 Å². The van der Waals surface area contributed by atoms with E-state index in [4.69, 9.17) is 11.6 Å². The summed E-state index contributed by atoms with van der Waals surface area (Å²) in [6.07, 6.45) is 0.700. The van der Waals surface area contributed by atoms with Gasteiger partial charge in [-0.05, 0) is 30.7 Å². The Hall–Kier alpha value is -0.860. The molecule has 2 nitrogen and oxygen atoms in total. The topological polar surface area (TPSA) is 29.1 Å². The summed E-state index contributed by atoms with van der Waals surface area (Å²) in [6.45, 7) is 6.68. The largest absolute Gasteiger partial charge is 0.307 e. The molecule has 0 aliphatic heterocycles. The average molecular weight is 254 g/mol. The molecule has 1 aromatic carbocycles. The van der Waals surface area contributed by atoms with Gasteiger partial charge < -0.3 is 5.32 Å². The lowest BCUT2D eigenvalue weighted by Crippen LogP contribution is -2.40. The van der Waals surface area contributed by atoms with Gasteiger partial charge in [0.1, 0.15) is 0 Å². The van der Waals surface area contributed by atoms with Gasteiger partial charge in [0.15, 0.2) is 5.78 Å². The fourth-order valence-corrected chi connectivity index (χ4v) is 2.03. The van der Waals surface area contributed by atoms with Crippen molar-refractivity contribution in [3.05, 3.63) is 34.9 Å². The molecule has 1 aromatic rings. The van der Waals surface area contributed by atoms with Crippen LogP contribution in [0.4, 0.5) is 0 Å². The number of nitrogens with one attached hydrogen (secondary N) is 1. The Labute approximate surface area is 108 Å². The third-order valence-electron chi connectivity index (χ3n) is 2.69. The molecule has 0 aliphatic carbocycles. The zero-order valence-corrected chi connectivity index (χ0v) is 11.4. The first kappa shape index (κ1) is 14.2. The number of rotatable bonds is 6. The summed E-state index contributed by atoms with van der Waals surface area (Å²) in [5.74, 6) is 0.310. The van der Waals surface area contributed by atoms with E-state index in [0.29, 0.717) is 6.42 Å². The number of ketones is 1. The summed E-state index contributed by atoms with van der Waals surface area (Å²) in [5.41, 5.74) is 1.09. The Morgan fingerprint density at radius 2 is 2.12 bits per heavy atom. The molecule has 1 N–H and O–H groups in total. The minimum absolute atomic E-state index is 0.0539. The highest BCUT2D eigenvalue weighted by Crippen LogP contribution is 2.13. The lowest BCUT2D eigenvalue weighted by Gasteiger charge is -2.18. The van der Waals surface area contributed by atoms with Crippen LogP contribution in [0.2, 0.25) is 5.02 Å². The number of carbonyl (C=O) groups is 1. The molecule has 0 aromatic heterocycles. The van der Waals surface area contributed by atoms with Crippen molar-refractivity contribution in [2.24, 2.45) is 5.92 Å². The fourth-order valence-electron chi connectivity index (χ4n) is 1.82. The van der Waals surface area contributed by atoms with Crippen LogP contribution in [0.25, 0.3) is 0 Å². The van der Waals surface area contributed by atoms with Crippen molar-refractivity contribution < 1.29 is 4.79 Å². The lowest BCUT2D eigenvalue weighted by atomic mass is 9.96. The fraction of sp³-hybridized carbons (Fsp3) is 0.500. The van der Waals surface area contributed by atoms with Gasteiger partial charge in [-0.1, -0.05) is 44.5 Å². The van der Waals surface area contributed by atoms with Crippen LogP contribution >= 0.6 is 11.6 Å². The predicted octanol–water partition coefficient (Wildman–Crippen LogP) is 3.09. The second kappa shape index (κ2) is 6.77. The predicted molar refractivity (Wildman–Crippen MR) is 72.5 cm³/mol. The van der Waals surface area contributed by atoms with E-state index in [-0.39, 0.29) is 17.7 Å². The Balaban J connectivity index is 2.76. The number of hydrogen-bond donors (Lipinski definition) is 1. The number of carbonyl (C=O) groups excluding carboxylic acids is 1. The molecule has 1 unspecified atom stereocenters. The molecule has 0 amide bonds. The summed E-state index contributed by atoms with van der Waals surface area (Å²) in [5, 5.41) is 3.96. The summed E-state index contributed by atoms with van der Waals surface area (Å²) in [4.78, 5) is 12.0. The maximum absolute atomic E-state index is 12.0. The highest BCUT2D eigenvalue weighted by atomic mass is 35.5. The third-order valence-corrected chi connectivity index (χ3v) is 2.93. The summed E-state index contributed by atoms with van der Waals surface area (Å²) in [7, 11) is 0. The molecular weight excluding hydrogens is 234 g/mol. The molecule has 0 saturated carbocycles. The van der Waals surface area contributed by atoms with Crippen LogP contribution in [0.1, 0.15) is 26.3 Å². The van der Waals surface area contributed by atoms with Gasteiger partial charge in [-0.2, -0.15) is 0 Å². The van der Waals surface area contributed by atoms with E-state index >= 15 is 0 Å². The van der Waals surface area contributed by atoms with E-state index in [1.54, 1.807) is 0 Å². The van der Waals surface area contributed by atoms with Gasteiger partial charge in [0, 0.05) is 10.9 Å². The highest BCUT2D eigenvalue weighted by molar-refractivity contribution is 6.30. The molecule has 0 heterocycles. The maximum Gasteiger partial charge on any atom is 0.152 e. The number of halogens is 1. The Morgan fingerprint density at radius 1 is 1.41 bits per heavy atom. The summed E-state index contributed by atoms with van der Waals surface area (Å²) in [6, 6.07) is 7.57. The second-order valence-corrected chi connectivity index (χ2v) is 4.94. The molecule has 1 atom stereocenters. The quantitative estimate of drug-likeness (QED) is 0.844. The van der Waals surface area contributed by atoms with Gasteiger partial charge in [0.25, 0.3) is 0 Å². The van der Waals surface area contributed by atoms with Crippen LogP contribution < -0.4 is 5.32 Å².